The fourth-order valence-electron chi connectivity index (χ4n) is 2.28. The third-order valence-electron chi connectivity index (χ3n) is 3.56. The average Bonchev–Trinajstić information content (AvgIpc) is 2.61. The molecule has 2 aromatic carbocycles. The number of benzene rings is 2. The van der Waals surface area contributed by atoms with Gasteiger partial charge in [0.15, 0.2) is 6.04 Å². The van der Waals surface area contributed by atoms with Crippen molar-refractivity contribution in [3.05, 3.63) is 70.7 Å². The molecule has 1 unspecified atom stereocenters. The predicted octanol–water partition coefficient (Wildman–Crippen LogP) is 3.58. The quantitative estimate of drug-likeness (QED) is 0.669. The van der Waals surface area contributed by atoms with Crippen molar-refractivity contribution in [1.29, 1.82) is 0 Å². The highest BCUT2D eigenvalue weighted by atomic mass is 35.5. The van der Waals surface area contributed by atoms with Gasteiger partial charge in [-0.25, -0.2) is 4.79 Å². The second-order valence-electron chi connectivity index (χ2n) is 5.53. The molecule has 2 rings (SSSR count). The third-order valence-corrected chi connectivity index (χ3v) is 3.81. The van der Waals surface area contributed by atoms with Crippen molar-refractivity contribution in [3.8, 4) is 0 Å². The molecule has 0 aliphatic rings. The van der Waals surface area contributed by atoms with Crippen LogP contribution in [-0.4, -0.2) is 23.6 Å². The van der Waals surface area contributed by atoms with E-state index in [2.05, 4.69) is 5.32 Å². The van der Waals surface area contributed by atoms with Crippen molar-refractivity contribution in [2.75, 3.05) is 6.61 Å². The molecule has 6 heteroatoms. The number of rotatable bonds is 9. The Morgan fingerprint density at radius 3 is 2.40 bits per heavy atom. The normalized spacial score (nSPS) is 11.7. The van der Waals surface area contributed by atoms with Gasteiger partial charge in [0.05, 0.1) is 6.61 Å². The summed E-state index contributed by atoms with van der Waals surface area (Å²) in [5.41, 5.74) is 1.55. The largest absolute Gasteiger partial charge is 0.479 e. The summed E-state index contributed by atoms with van der Waals surface area (Å²) in [5, 5.41) is 12.3. The topological polar surface area (TPSA) is 75.6 Å². The van der Waals surface area contributed by atoms with E-state index in [1.165, 1.54) is 0 Å². The Kier molecular flexibility index (Phi) is 7.44. The second-order valence-corrected chi connectivity index (χ2v) is 5.97. The first-order valence-corrected chi connectivity index (χ1v) is 8.33. The first-order chi connectivity index (χ1) is 12.1. The smallest absolute Gasteiger partial charge is 0.330 e. The van der Waals surface area contributed by atoms with Crippen molar-refractivity contribution >= 4 is 23.5 Å². The van der Waals surface area contributed by atoms with Gasteiger partial charge in [-0.15, -0.1) is 0 Å². The minimum Gasteiger partial charge on any atom is -0.479 e. The number of nitrogens with one attached hydrogen (secondary N) is 1. The Morgan fingerprint density at radius 2 is 1.76 bits per heavy atom. The van der Waals surface area contributed by atoms with Crippen molar-refractivity contribution in [3.63, 3.8) is 0 Å². The summed E-state index contributed by atoms with van der Waals surface area (Å²) < 4.78 is 5.51. The maximum atomic E-state index is 12.0. The van der Waals surface area contributed by atoms with Crippen LogP contribution in [0.15, 0.2) is 54.6 Å². The monoisotopic (exact) mass is 361 g/mol. The van der Waals surface area contributed by atoms with Crippen molar-refractivity contribution < 1.29 is 19.4 Å². The van der Waals surface area contributed by atoms with E-state index in [9.17, 15) is 14.7 Å². The minimum atomic E-state index is -1.11. The number of hydrogen-bond donors (Lipinski definition) is 2. The highest BCUT2D eigenvalue weighted by Crippen LogP contribution is 2.17. The molecular weight excluding hydrogens is 342 g/mol. The highest BCUT2D eigenvalue weighted by molar-refractivity contribution is 6.30. The zero-order valence-electron chi connectivity index (χ0n) is 13.7. The number of carboxylic acid groups (broad SMARTS) is 1. The molecule has 0 bridgehead atoms. The Labute approximate surface area is 151 Å². The third kappa shape index (κ3) is 6.57. The number of carbonyl (C=O) groups is 2. The van der Waals surface area contributed by atoms with Gasteiger partial charge in [0.1, 0.15) is 0 Å². The van der Waals surface area contributed by atoms with E-state index in [1.807, 2.05) is 30.3 Å². The molecule has 1 amide bonds. The minimum absolute atomic E-state index is 0.201. The van der Waals surface area contributed by atoms with Gasteiger partial charge in [-0.05, 0) is 29.7 Å². The molecule has 2 N–H and O–H groups in total. The number of carbonyl (C=O) groups excluding carboxylic acids is 1. The van der Waals surface area contributed by atoms with E-state index in [-0.39, 0.29) is 12.3 Å². The lowest BCUT2D eigenvalue weighted by Gasteiger charge is -2.15. The predicted molar refractivity (Wildman–Crippen MR) is 95.3 cm³/mol. The lowest BCUT2D eigenvalue weighted by Crippen LogP contribution is -2.33. The molecule has 0 heterocycles. The van der Waals surface area contributed by atoms with E-state index in [4.69, 9.17) is 16.3 Å². The molecule has 0 radical (unpaired) electrons. The fourth-order valence-corrected chi connectivity index (χ4v) is 2.40. The van der Waals surface area contributed by atoms with Crippen LogP contribution in [0.2, 0.25) is 5.02 Å². The van der Waals surface area contributed by atoms with Crippen LogP contribution < -0.4 is 5.32 Å². The van der Waals surface area contributed by atoms with Crippen LogP contribution in [0.3, 0.4) is 0 Å². The van der Waals surface area contributed by atoms with Crippen molar-refractivity contribution in [1.82, 2.24) is 5.32 Å². The van der Waals surface area contributed by atoms with Gasteiger partial charge in [-0.2, -0.15) is 0 Å². The van der Waals surface area contributed by atoms with Crippen LogP contribution in [0.5, 0.6) is 0 Å². The van der Waals surface area contributed by atoms with E-state index in [0.29, 0.717) is 30.2 Å². The Morgan fingerprint density at radius 1 is 1.08 bits per heavy atom. The molecule has 0 spiro atoms. The molecular formula is C19H20ClNO4. The summed E-state index contributed by atoms with van der Waals surface area (Å²) in [5.74, 6) is -1.44. The van der Waals surface area contributed by atoms with Crippen LogP contribution in [0.1, 0.15) is 30.0 Å². The van der Waals surface area contributed by atoms with Crippen LogP contribution in [-0.2, 0) is 20.9 Å². The van der Waals surface area contributed by atoms with Crippen LogP contribution in [0.25, 0.3) is 0 Å². The zero-order valence-corrected chi connectivity index (χ0v) is 14.4. The van der Waals surface area contributed by atoms with Gasteiger partial charge < -0.3 is 15.2 Å². The van der Waals surface area contributed by atoms with Gasteiger partial charge in [-0.3, -0.25) is 4.79 Å². The number of aliphatic carboxylic acids is 1. The molecule has 0 aliphatic heterocycles. The van der Waals surface area contributed by atoms with E-state index in [0.717, 1.165) is 5.56 Å². The van der Waals surface area contributed by atoms with Gasteiger partial charge in [0, 0.05) is 18.1 Å². The summed E-state index contributed by atoms with van der Waals surface area (Å²) in [6.07, 6.45) is 0.720. The van der Waals surface area contributed by atoms with Gasteiger partial charge in [0.2, 0.25) is 5.91 Å². The van der Waals surface area contributed by atoms with Crippen LogP contribution in [0, 0.1) is 0 Å². The zero-order chi connectivity index (χ0) is 18.1. The van der Waals surface area contributed by atoms with Crippen LogP contribution >= 0.6 is 11.6 Å². The molecule has 0 fully saturated rings. The molecule has 1 atom stereocenters. The number of ether oxygens (including phenoxy) is 1. The molecule has 0 aromatic heterocycles. The number of halogens is 1. The van der Waals surface area contributed by atoms with E-state index < -0.39 is 12.0 Å². The van der Waals surface area contributed by atoms with Gasteiger partial charge >= 0.3 is 5.97 Å². The Hall–Kier alpha value is -2.37. The Balaban J connectivity index is 1.74. The molecule has 25 heavy (non-hydrogen) atoms. The molecule has 132 valence electrons. The molecule has 0 saturated carbocycles. The highest BCUT2D eigenvalue weighted by Gasteiger charge is 2.21. The summed E-state index contributed by atoms with van der Waals surface area (Å²) in [7, 11) is 0. The lowest BCUT2D eigenvalue weighted by atomic mass is 10.1. The van der Waals surface area contributed by atoms with E-state index in [1.54, 1.807) is 24.3 Å². The van der Waals surface area contributed by atoms with Crippen molar-refractivity contribution in [2.45, 2.75) is 25.5 Å². The number of amides is 1. The lowest BCUT2D eigenvalue weighted by molar-refractivity contribution is -0.142. The van der Waals surface area contributed by atoms with E-state index >= 15 is 0 Å². The maximum Gasteiger partial charge on any atom is 0.330 e. The fraction of sp³-hybridized carbons (Fsp3) is 0.263. The first-order valence-electron chi connectivity index (χ1n) is 7.95. The maximum absolute atomic E-state index is 12.0. The van der Waals surface area contributed by atoms with Crippen LogP contribution in [0.4, 0.5) is 0 Å². The van der Waals surface area contributed by atoms with Gasteiger partial charge in [0.25, 0.3) is 0 Å². The molecule has 0 saturated heterocycles. The SMILES string of the molecule is O=C(CCCOCc1ccccc1)NC(C(=O)O)c1ccc(Cl)cc1. The summed E-state index contributed by atoms with van der Waals surface area (Å²) >= 11 is 5.80. The number of carboxylic acids is 1. The molecule has 0 aliphatic carbocycles. The summed E-state index contributed by atoms with van der Waals surface area (Å²) in [6, 6.07) is 15.0. The second kappa shape index (κ2) is 9.81. The Bertz CT molecular complexity index is 688. The molecule has 5 nitrogen and oxygen atoms in total. The summed E-state index contributed by atoms with van der Waals surface area (Å²) in [6.45, 7) is 0.923. The number of hydrogen-bond acceptors (Lipinski definition) is 3. The molecule has 2 aromatic rings. The van der Waals surface area contributed by atoms with Crippen molar-refractivity contribution in [2.24, 2.45) is 0 Å². The average molecular weight is 362 g/mol. The first kappa shape index (κ1) is 19.0. The summed E-state index contributed by atoms with van der Waals surface area (Å²) in [4.78, 5) is 23.4. The van der Waals surface area contributed by atoms with Gasteiger partial charge in [-0.1, -0.05) is 54.1 Å². The standard InChI is InChI=1S/C19H20ClNO4/c20-16-10-8-15(9-11-16)18(19(23)24)21-17(22)7-4-12-25-13-14-5-2-1-3-6-14/h1-3,5-6,8-11,18H,4,7,12-13H2,(H,21,22)(H,23,24).